The SMILES string of the molecule is CCn1cc(C(=O)N2CCN(Cc3ccco3)CC2)c(C)n1. The van der Waals surface area contributed by atoms with Gasteiger partial charge in [-0.25, -0.2) is 0 Å². The molecule has 118 valence electrons. The van der Waals surface area contributed by atoms with E-state index >= 15 is 0 Å². The third kappa shape index (κ3) is 3.06. The zero-order valence-corrected chi connectivity index (χ0v) is 13.2. The smallest absolute Gasteiger partial charge is 0.257 e. The number of carbonyl (C=O) groups excluding carboxylic acids is 1. The maximum atomic E-state index is 12.6. The third-order valence-electron chi connectivity index (χ3n) is 4.12. The van der Waals surface area contributed by atoms with Gasteiger partial charge in [0, 0.05) is 38.9 Å². The Labute approximate surface area is 130 Å². The molecule has 2 aromatic heterocycles. The zero-order chi connectivity index (χ0) is 15.5. The van der Waals surface area contributed by atoms with E-state index in [0.29, 0.717) is 0 Å². The van der Waals surface area contributed by atoms with Crippen molar-refractivity contribution in [1.82, 2.24) is 19.6 Å². The first-order chi connectivity index (χ1) is 10.7. The van der Waals surface area contributed by atoms with Crippen molar-refractivity contribution in [1.29, 1.82) is 0 Å². The second kappa shape index (κ2) is 6.36. The highest BCUT2D eigenvalue weighted by molar-refractivity contribution is 5.95. The first kappa shape index (κ1) is 14.8. The second-order valence-corrected chi connectivity index (χ2v) is 5.63. The van der Waals surface area contributed by atoms with Crippen molar-refractivity contribution in [3.63, 3.8) is 0 Å². The van der Waals surface area contributed by atoms with Gasteiger partial charge in [-0.1, -0.05) is 0 Å². The molecule has 0 aliphatic carbocycles. The van der Waals surface area contributed by atoms with Crippen LogP contribution < -0.4 is 0 Å². The molecule has 22 heavy (non-hydrogen) atoms. The first-order valence-electron chi connectivity index (χ1n) is 7.75. The van der Waals surface area contributed by atoms with E-state index < -0.39 is 0 Å². The molecular weight excluding hydrogens is 280 g/mol. The highest BCUT2D eigenvalue weighted by Gasteiger charge is 2.24. The minimum absolute atomic E-state index is 0.0925. The summed E-state index contributed by atoms with van der Waals surface area (Å²) in [7, 11) is 0. The van der Waals surface area contributed by atoms with Crippen LogP contribution in [0.3, 0.4) is 0 Å². The van der Waals surface area contributed by atoms with E-state index in [9.17, 15) is 4.79 Å². The molecule has 1 amide bonds. The number of carbonyl (C=O) groups is 1. The number of hydrogen-bond acceptors (Lipinski definition) is 4. The molecule has 6 heteroatoms. The summed E-state index contributed by atoms with van der Waals surface area (Å²) in [4.78, 5) is 16.8. The summed E-state index contributed by atoms with van der Waals surface area (Å²) in [5.74, 6) is 1.06. The predicted molar refractivity (Wildman–Crippen MR) is 82.5 cm³/mol. The fraction of sp³-hybridized carbons (Fsp3) is 0.500. The van der Waals surface area contributed by atoms with E-state index in [-0.39, 0.29) is 5.91 Å². The highest BCUT2D eigenvalue weighted by atomic mass is 16.3. The normalized spacial score (nSPS) is 16.2. The van der Waals surface area contributed by atoms with Gasteiger partial charge in [-0.05, 0) is 26.0 Å². The van der Waals surface area contributed by atoms with Gasteiger partial charge in [0.25, 0.3) is 5.91 Å². The Morgan fingerprint density at radius 2 is 2.09 bits per heavy atom. The Bertz CT molecular complexity index is 625. The van der Waals surface area contributed by atoms with Gasteiger partial charge in [-0.15, -0.1) is 0 Å². The van der Waals surface area contributed by atoms with E-state index in [1.807, 2.05) is 41.8 Å². The van der Waals surface area contributed by atoms with Crippen molar-refractivity contribution in [3.05, 3.63) is 41.6 Å². The van der Waals surface area contributed by atoms with Gasteiger partial charge >= 0.3 is 0 Å². The lowest BCUT2D eigenvalue weighted by Gasteiger charge is -2.34. The molecule has 0 bridgehead atoms. The molecule has 0 atom stereocenters. The van der Waals surface area contributed by atoms with Crippen LogP contribution in [0.25, 0.3) is 0 Å². The predicted octanol–water partition coefficient (Wildman–Crippen LogP) is 1.76. The van der Waals surface area contributed by atoms with E-state index in [1.54, 1.807) is 6.26 Å². The maximum absolute atomic E-state index is 12.6. The molecule has 2 aromatic rings. The van der Waals surface area contributed by atoms with Crippen molar-refractivity contribution in [2.24, 2.45) is 0 Å². The Morgan fingerprint density at radius 1 is 1.32 bits per heavy atom. The number of amides is 1. The fourth-order valence-corrected chi connectivity index (χ4v) is 2.79. The zero-order valence-electron chi connectivity index (χ0n) is 13.2. The lowest BCUT2D eigenvalue weighted by molar-refractivity contribution is 0.0619. The van der Waals surface area contributed by atoms with Crippen LogP contribution in [0.5, 0.6) is 0 Å². The average molecular weight is 302 g/mol. The van der Waals surface area contributed by atoms with Gasteiger partial charge in [0.05, 0.1) is 24.1 Å². The molecule has 0 saturated carbocycles. The van der Waals surface area contributed by atoms with Gasteiger partial charge in [0.1, 0.15) is 5.76 Å². The Hall–Kier alpha value is -2.08. The second-order valence-electron chi connectivity index (χ2n) is 5.63. The highest BCUT2D eigenvalue weighted by Crippen LogP contribution is 2.14. The summed E-state index contributed by atoms with van der Waals surface area (Å²) in [6, 6.07) is 3.89. The third-order valence-corrected chi connectivity index (χ3v) is 4.12. The summed E-state index contributed by atoms with van der Waals surface area (Å²) in [6.45, 7) is 8.74. The van der Waals surface area contributed by atoms with Crippen LogP contribution in [0.4, 0.5) is 0 Å². The van der Waals surface area contributed by atoms with Crippen LogP contribution in [-0.4, -0.2) is 51.7 Å². The summed E-state index contributed by atoms with van der Waals surface area (Å²) in [5.41, 5.74) is 1.53. The topological polar surface area (TPSA) is 54.5 Å². The number of piperazine rings is 1. The van der Waals surface area contributed by atoms with Gasteiger partial charge in [-0.3, -0.25) is 14.4 Å². The van der Waals surface area contributed by atoms with Crippen LogP contribution >= 0.6 is 0 Å². The number of aromatic nitrogens is 2. The minimum Gasteiger partial charge on any atom is -0.468 e. The van der Waals surface area contributed by atoms with E-state index in [2.05, 4.69) is 10.00 Å². The molecular formula is C16H22N4O2. The van der Waals surface area contributed by atoms with Crippen molar-refractivity contribution < 1.29 is 9.21 Å². The van der Waals surface area contributed by atoms with Crippen LogP contribution in [0, 0.1) is 6.92 Å². The largest absolute Gasteiger partial charge is 0.468 e. The lowest BCUT2D eigenvalue weighted by Crippen LogP contribution is -2.48. The van der Waals surface area contributed by atoms with Crippen LogP contribution in [0.1, 0.15) is 28.7 Å². The van der Waals surface area contributed by atoms with Gasteiger partial charge in [0.15, 0.2) is 0 Å². The first-order valence-corrected chi connectivity index (χ1v) is 7.75. The molecule has 3 heterocycles. The van der Waals surface area contributed by atoms with Crippen LogP contribution in [0.15, 0.2) is 29.0 Å². The van der Waals surface area contributed by atoms with E-state index in [4.69, 9.17) is 4.42 Å². The molecule has 1 saturated heterocycles. The molecule has 0 N–H and O–H groups in total. The molecule has 1 aliphatic heterocycles. The number of hydrogen-bond donors (Lipinski definition) is 0. The van der Waals surface area contributed by atoms with Crippen molar-refractivity contribution >= 4 is 5.91 Å². The van der Waals surface area contributed by atoms with Crippen molar-refractivity contribution in [2.45, 2.75) is 26.9 Å². The van der Waals surface area contributed by atoms with Crippen LogP contribution in [0.2, 0.25) is 0 Å². The molecule has 0 spiro atoms. The van der Waals surface area contributed by atoms with Gasteiger partial charge in [-0.2, -0.15) is 5.10 Å². The van der Waals surface area contributed by atoms with E-state index in [1.165, 1.54) is 0 Å². The number of aryl methyl sites for hydroxylation is 2. The molecule has 3 rings (SSSR count). The van der Waals surface area contributed by atoms with Crippen molar-refractivity contribution in [2.75, 3.05) is 26.2 Å². The van der Waals surface area contributed by atoms with Gasteiger partial charge in [0.2, 0.25) is 0 Å². The standard InChI is InChI=1S/C16H22N4O2/c1-3-20-12-15(13(2)17-20)16(21)19-8-6-18(7-9-19)11-14-5-4-10-22-14/h4-5,10,12H,3,6-9,11H2,1-2H3. The molecule has 1 aliphatic rings. The summed E-state index contributed by atoms with van der Waals surface area (Å²) < 4.78 is 7.19. The van der Waals surface area contributed by atoms with Crippen LogP contribution in [-0.2, 0) is 13.1 Å². The van der Waals surface area contributed by atoms with Gasteiger partial charge < -0.3 is 9.32 Å². The quantitative estimate of drug-likeness (QED) is 0.863. The molecule has 0 unspecified atom stereocenters. The molecule has 0 aromatic carbocycles. The lowest BCUT2D eigenvalue weighted by atomic mass is 10.2. The number of nitrogens with zero attached hydrogens (tertiary/aromatic N) is 4. The Morgan fingerprint density at radius 3 is 2.68 bits per heavy atom. The summed E-state index contributed by atoms with van der Waals surface area (Å²) in [6.07, 6.45) is 3.55. The maximum Gasteiger partial charge on any atom is 0.257 e. The van der Waals surface area contributed by atoms with Crippen molar-refractivity contribution in [3.8, 4) is 0 Å². The fourth-order valence-electron chi connectivity index (χ4n) is 2.79. The summed E-state index contributed by atoms with van der Waals surface area (Å²) >= 11 is 0. The number of furan rings is 1. The monoisotopic (exact) mass is 302 g/mol. The average Bonchev–Trinajstić information content (AvgIpc) is 3.17. The Kier molecular flexibility index (Phi) is 4.29. The molecule has 0 radical (unpaired) electrons. The summed E-state index contributed by atoms with van der Waals surface area (Å²) in [5, 5.41) is 4.36. The molecule has 1 fully saturated rings. The minimum atomic E-state index is 0.0925. The number of rotatable bonds is 4. The molecule has 6 nitrogen and oxygen atoms in total. The Balaban J connectivity index is 1.58. The van der Waals surface area contributed by atoms with E-state index in [0.717, 1.165) is 56.3 Å².